The Hall–Kier alpha value is -1.14. The van der Waals surface area contributed by atoms with Gasteiger partial charge in [0.15, 0.2) is 0 Å². The lowest BCUT2D eigenvalue weighted by atomic mass is 10.1. The first-order valence-electron chi connectivity index (χ1n) is 7.30. The number of carbonyl (C=O) groups is 2. The Kier molecular flexibility index (Phi) is 4.99. The summed E-state index contributed by atoms with van der Waals surface area (Å²) in [5, 5.41) is 9.11. The summed E-state index contributed by atoms with van der Waals surface area (Å²) in [4.78, 5) is 27.9. The zero-order valence-corrected chi connectivity index (χ0v) is 12.2. The summed E-state index contributed by atoms with van der Waals surface area (Å²) in [6.07, 6.45) is 0.0174. The van der Waals surface area contributed by atoms with Crippen molar-refractivity contribution < 1.29 is 19.4 Å². The molecular formula is C14H24N2O4. The van der Waals surface area contributed by atoms with E-state index in [9.17, 15) is 9.59 Å². The van der Waals surface area contributed by atoms with Crippen LogP contribution in [0.3, 0.4) is 0 Å². The summed E-state index contributed by atoms with van der Waals surface area (Å²) in [5.41, 5.74) is 0. The molecule has 6 heteroatoms. The lowest BCUT2D eigenvalue weighted by molar-refractivity contribution is -0.144. The maximum absolute atomic E-state index is 12.4. The summed E-state index contributed by atoms with van der Waals surface area (Å²) in [7, 11) is 0. The number of hydrogen-bond acceptors (Lipinski definition) is 4. The normalized spacial score (nSPS) is 27.5. The van der Waals surface area contributed by atoms with E-state index in [1.165, 1.54) is 0 Å². The molecule has 6 nitrogen and oxygen atoms in total. The van der Waals surface area contributed by atoms with Crippen LogP contribution in [0.4, 0.5) is 0 Å². The monoisotopic (exact) mass is 284 g/mol. The lowest BCUT2D eigenvalue weighted by Gasteiger charge is -2.33. The Bertz CT molecular complexity index is 372. The second-order valence-corrected chi connectivity index (χ2v) is 6.05. The molecule has 0 radical (unpaired) electrons. The molecule has 2 saturated heterocycles. The van der Waals surface area contributed by atoms with Crippen molar-refractivity contribution in [1.29, 1.82) is 0 Å². The number of nitrogens with zero attached hydrogens (tertiary/aromatic N) is 2. The van der Waals surface area contributed by atoms with Gasteiger partial charge in [0.2, 0.25) is 11.8 Å². The van der Waals surface area contributed by atoms with Gasteiger partial charge in [-0.25, -0.2) is 0 Å². The summed E-state index contributed by atoms with van der Waals surface area (Å²) in [6, 6.07) is 0. The molecule has 2 unspecified atom stereocenters. The van der Waals surface area contributed by atoms with E-state index in [1.54, 1.807) is 9.80 Å². The van der Waals surface area contributed by atoms with Crippen LogP contribution >= 0.6 is 0 Å². The summed E-state index contributed by atoms with van der Waals surface area (Å²) in [5.74, 6) is 0.268. The average molecular weight is 284 g/mol. The Morgan fingerprint density at radius 2 is 2.20 bits per heavy atom. The molecule has 0 aromatic carbocycles. The third kappa shape index (κ3) is 3.49. The summed E-state index contributed by atoms with van der Waals surface area (Å²) >= 11 is 0. The van der Waals surface area contributed by atoms with Crippen molar-refractivity contribution in [1.82, 2.24) is 9.80 Å². The van der Waals surface area contributed by atoms with Crippen molar-refractivity contribution in [2.45, 2.75) is 26.4 Å². The largest absolute Gasteiger partial charge is 0.394 e. The van der Waals surface area contributed by atoms with E-state index in [4.69, 9.17) is 9.84 Å². The minimum atomic E-state index is -0.295. The summed E-state index contributed by atoms with van der Waals surface area (Å²) < 4.78 is 5.34. The number of aliphatic hydroxyl groups is 1. The third-order valence-electron chi connectivity index (χ3n) is 3.80. The van der Waals surface area contributed by atoms with Gasteiger partial charge in [0.05, 0.1) is 25.2 Å². The van der Waals surface area contributed by atoms with Gasteiger partial charge in [-0.3, -0.25) is 9.59 Å². The minimum Gasteiger partial charge on any atom is -0.394 e. The molecule has 2 aliphatic heterocycles. The molecule has 20 heavy (non-hydrogen) atoms. The van der Waals surface area contributed by atoms with E-state index in [1.807, 2.05) is 0 Å². The zero-order valence-electron chi connectivity index (χ0n) is 12.2. The molecule has 2 aliphatic rings. The first-order valence-corrected chi connectivity index (χ1v) is 7.30. The van der Waals surface area contributed by atoms with Crippen LogP contribution in [0.15, 0.2) is 0 Å². The van der Waals surface area contributed by atoms with Gasteiger partial charge in [-0.1, -0.05) is 13.8 Å². The molecule has 2 heterocycles. The Labute approximate surface area is 119 Å². The van der Waals surface area contributed by atoms with Gasteiger partial charge >= 0.3 is 0 Å². The standard InChI is InChI=1S/C14H24N2O4/c1-10(2)6-16-7-11(5-13(16)18)14(19)15-3-4-20-12(8-15)9-17/h10-12,17H,3-9H2,1-2H3. The van der Waals surface area contributed by atoms with Crippen LogP contribution < -0.4 is 0 Å². The first-order chi connectivity index (χ1) is 9.51. The van der Waals surface area contributed by atoms with Crippen LogP contribution in [0.25, 0.3) is 0 Å². The smallest absolute Gasteiger partial charge is 0.228 e. The van der Waals surface area contributed by atoms with Crippen molar-refractivity contribution >= 4 is 11.8 Å². The van der Waals surface area contributed by atoms with Gasteiger partial charge < -0.3 is 19.6 Å². The molecule has 0 saturated carbocycles. The fourth-order valence-electron chi connectivity index (χ4n) is 2.84. The van der Waals surface area contributed by atoms with Gasteiger partial charge in [-0.15, -0.1) is 0 Å². The van der Waals surface area contributed by atoms with Crippen molar-refractivity contribution in [3.05, 3.63) is 0 Å². The maximum Gasteiger partial charge on any atom is 0.228 e. The molecular weight excluding hydrogens is 260 g/mol. The second kappa shape index (κ2) is 6.54. The number of rotatable bonds is 4. The second-order valence-electron chi connectivity index (χ2n) is 6.05. The predicted octanol–water partition coefficient (Wildman–Crippen LogP) is -0.289. The number of likely N-dealkylation sites (tertiary alicyclic amines) is 1. The highest BCUT2D eigenvalue weighted by Crippen LogP contribution is 2.22. The number of hydrogen-bond donors (Lipinski definition) is 1. The highest BCUT2D eigenvalue weighted by molar-refractivity contribution is 5.89. The van der Waals surface area contributed by atoms with Crippen molar-refractivity contribution in [2.24, 2.45) is 11.8 Å². The fraction of sp³-hybridized carbons (Fsp3) is 0.857. The molecule has 2 amide bonds. The lowest BCUT2D eigenvalue weighted by Crippen LogP contribution is -2.49. The SMILES string of the molecule is CC(C)CN1CC(C(=O)N2CCOC(CO)C2)CC1=O. The molecule has 2 fully saturated rings. The number of carbonyl (C=O) groups excluding carboxylic acids is 2. The highest BCUT2D eigenvalue weighted by atomic mass is 16.5. The van der Waals surface area contributed by atoms with Gasteiger partial charge in [-0.2, -0.15) is 0 Å². The first kappa shape index (κ1) is 15.3. The quantitative estimate of drug-likeness (QED) is 0.770. The number of ether oxygens (including phenoxy) is 1. The van der Waals surface area contributed by atoms with Gasteiger partial charge in [-0.05, 0) is 5.92 Å². The maximum atomic E-state index is 12.4. The number of morpholine rings is 1. The Balaban J connectivity index is 1.91. The Morgan fingerprint density at radius 1 is 1.45 bits per heavy atom. The fourth-order valence-corrected chi connectivity index (χ4v) is 2.84. The van der Waals surface area contributed by atoms with E-state index in [2.05, 4.69) is 13.8 Å². The van der Waals surface area contributed by atoms with Crippen LogP contribution in [0, 0.1) is 11.8 Å². The molecule has 2 atom stereocenters. The molecule has 0 aromatic heterocycles. The van der Waals surface area contributed by atoms with Crippen LogP contribution in [0.5, 0.6) is 0 Å². The van der Waals surface area contributed by atoms with Crippen LogP contribution in [-0.2, 0) is 14.3 Å². The molecule has 0 aromatic rings. The molecule has 0 aliphatic carbocycles. The van der Waals surface area contributed by atoms with Crippen molar-refractivity contribution in [3.63, 3.8) is 0 Å². The zero-order chi connectivity index (χ0) is 14.7. The third-order valence-corrected chi connectivity index (χ3v) is 3.80. The predicted molar refractivity (Wildman–Crippen MR) is 72.9 cm³/mol. The van der Waals surface area contributed by atoms with E-state index in [0.717, 1.165) is 0 Å². The van der Waals surface area contributed by atoms with Crippen LogP contribution in [-0.4, -0.2) is 72.2 Å². The summed E-state index contributed by atoms with van der Waals surface area (Å²) in [6.45, 7) is 6.71. The van der Waals surface area contributed by atoms with E-state index in [-0.39, 0.29) is 30.4 Å². The topological polar surface area (TPSA) is 70.1 Å². The van der Waals surface area contributed by atoms with Crippen LogP contribution in [0.1, 0.15) is 20.3 Å². The molecule has 2 rings (SSSR count). The van der Waals surface area contributed by atoms with Gasteiger partial charge in [0.25, 0.3) is 0 Å². The number of aliphatic hydroxyl groups excluding tert-OH is 1. The van der Waals surface area contributed by atoms with E-state index >= 15 is 0 Å². The van der Waals surface area contributed by atoms with Crippen molar-refractivity contribution in [2.75, 3.05) is 39.4 Å². The Morgan fingerprint density at radius 3 is 2.85 bits per heavy atom. The molecule has 0 spiro atoms. The van der Waals surface area contributed by atoms with E-state index in [0.29, 0.717) is 45.1 Å². The van der Waals surface area contributed by atoms with Gasteiger partial charge in [0.1, 0.15) is 0 Å². The van der Waals surface area contributed by atoms with E-state index < -0.39 is 0 Å². The number of amides is 2. The molecule has 0 bridgehead atoms. The molecule has 1 N–H and O–H groups in total. The minimum absolute atomic E-state index is 0.0198. The highest BCUT2D eigenvalue weighted by Gasteiger charge is 2.37. The van der Waals surface area contributed by atoms with Crippen molar-refractivity contribution in [3.8, 4) is 0 Å². The molecule has 114 valence electrons. The van der Waals surface area contributed by atoms with Crippen LogP contribution in [0.2, 0.25) is 0 Å². The average Bonchev–Trinajstić information content (AvgIpc) is 2.78. The van der Waals surface area contributed by atoms with Gasteiger partial charge in [0, 0.05) is 32.6 Å².